The number of esters is 1. The first-order chi connectivity index (χ1) is 11.4. The number of thiophene rings is 1. The van der Waals surface area contributed by atoms with E-state index in [0.717, 1.165) is 11.1 Å². The van der Waals surface area contributed by atoms with Gasteiger partial charge in [-0.25, -0.2) is 0 Å². The van der Waals surface area contributed by atoms with Crippen LogP contribution in [0.2, 0.25) is 0 Å². The Morgan fingerprint density at radius 3 is 2.75 bits per heavy atom. The van der Waals surface area contributed by atoms with E-state index in [1.165, 1.54) is 4.88 Å². The molecule has 2 aromatic rings. The summed E-state index contributed by atoms with van der Waals surface area (Å²) in [5.41, 5.74) is 1.96. The lowest BCUT2D eigenvalue weighted by molar-refractivity contribution is -0.147. The Morgan fingerprint density at radius 2 is 2.08 bits per heavy atom. The van der Waals surface area contributed by atoms with Gasteiger partial charge in [0.05, 0.1) is 5.92 Å². The van der Waals surface area contributed by atoms with Gasteiger partial charge in [-0.15, -0.1) is 11.3 Å². The zero-order valence-corrected chi connectivity index (χ0v) is 15.8. The summed E-state index contributed by atoms with van der Waals surface area (Å²) >= 11 is 13.1. The summed E-state index contributed by atoms with van der Waals surface area (Å²) in [6, 6.07) is 12.2. The lowest BCUT2D eigenvalue weighted by atomic mass is 10.1. The average molecular weight is 381 g/mol. The molecule has 0 radical (unpaired) electrons. The molecule has 1 fully saturated rings. The molecule has 126 valence electrons. The highest BCUT2D eigenvalue weighted by Gasteiger charge is 2.61. The van der Waals surface area contributed by atoms with Crippen LogP contribution in [0.3, 0.4) is 0 Å². The molecular weight excluding hydrogens is 363 g/mol. The zero-order valence-electron chi connectivity index (χ0n) is 13.5. The molecule has 1 saturated carbocycles. The van der Waals surface area contributed by atoms with Crippen molar-refractivity contribution in [3.05, 3.63) is 57.9 Å². The Bertz CT molecular complexity index is 761. The molecule has 24 heavy (non-hydrogen) atoms. The number of allylic oxidation sites excluding steroid dienone is 1. The smallest absolute Gasteiger partial charge is 0.310 e. The van der Waals surface area contributed by atoms with Gasteiger partial charge in [0, 0.05) is 4.88 Å². The van der Waals surface area contributed by atoms with E-state index in [1.807, 2.05) is 37.4 Å². The van der Waals surface area contributed by atoms with E-state index in [-0.39, 0.29) is 34.3 Å². The molecule has 0 bridgehead atoms. The highest BCUT2D eigenvalue weighted by molar-refractivity contribution is 7.13. The topological polar surface area (TPSA) is 26.3 Å². The summed E-state index contributed by atoms with van der Waals surface area (Å²) in [7, 11) is 0. The molecule has 0 saturated heterocycles. The molecule has 2 unspecified atom stereocenters. The van der Waals surface area contributed by atoms with Crippen molar-refractivity contribution in [2.24, 2.45) is 17.3 Å². The van der Waals surface area contributed by atoms with Gasteiger partial charge in [-0.3, -0.25) is 4.79 Å². The number of carbonyl (C=O) groups excluding carboxylic acids is 1. The monoisotopic (exact) mass is 380 g/mol. The van der Waals surface area contributed by atoms with Crippen molar-refractivity contribution in [1.82, 2.24) is 0 Å². The van der Waals surface area contributed by atoms with Crippen LogP contribution in [0, 0.1) is 17.3 Å². The first-order valence-electron chi connectivity index (χ1n) is 7.72. The first-order valence-corrected chi connectivity index (χ1v) is 9.35. The predicted molar refractivity (Wildman–Crippen MR) is 100 cm³/mol. The van der Waals surface area contributed by atoms with Crippen molar-refractivity contribution >= 4 is 40.5 Å². The second-order valence-corrected chi connectivity index (χ2v) is 8.52. The van der Waals surface area contributed by atoms with E-state index in [0.29, 0.717) is 0 Å². The number of carbonyl (C=O) groups is 1. The molecule has 0 N–H and O–H groups in total. The molecule has 2 atom stereocenters. The molecule has 5 heteroatoms. The molecule has 0 amide bonds. The van der Waals surface area contributed by atoms with Gasteiger partial charge in [0.25, 0.3) is 0 Å². The molecule has 1 aromatic carbocycles. The second kappa shape index (κ2) is 6.91. The maximum atomic E-state index is 12.4. The molecule has 1 aliphatic carbocycles. The lowest BCUT2D eigenvalue weighted by Gasteiger charge is -2.07. The van der Waals surface area contributed by atoms with Gasteiger partial charge in [-0.1, -0.05) is 61.3 Å². The molecule has 0 spiro atoms. The van der Waals surface area contributed by atoms with Crippen LogP contribution >= 0.6 is 34.5 Å². The zero-order chi connectivity index (χ0) is 17.3. The summed E-state index contributed by atoms with van der Waals surface area (Å²) < 4.78 is 5.72. The molecule has 0 aliphatic heterocycles. The van der Waals surface area contributed by atoms with Gasteiger partial charge >= 0.3 is 5.97 Å². The van der Waals surface area contributed by atoms with Gasteiger partial charge in [-0.2, -0.15) is 0 Å². The van der Waals surface area contributed by atoms with Crippen LogP contribution in [0.15, 0.2) is 52.3 Å². The SMILES string of the molecule is CC1(C)C(C=C(Cl)Cl)C1C(=O)OCc1cccc(-c2cccs2)c1. The van der Waals surface area contributed by atoms with Crippen molar-refractivity contribution < 1.29 is 9.53 Å². The van der Waals surface area contributed by atoms with Crippen molar-refractivity contribution in [3.8, 4) is 10.4 Å². The van der Waals surface area contributed by atoms with E-state index < -0.39 is 0 Å². The van der Waals surface area contributed by atoms with E-state index in [9.17, 15) is 4.79 Å². The van der Waals surface area contributed by atoms with Crippen LogP contribution in [0.5, 0.6) is 0 Å². The number of benzene rings is 1. The summed E-state index contributed by atoms with van der Waals surface area (Å²) in [4.78, 5) is 13.6. The lowest BCUT2D eigenvalue weighted by Crippen LogP contribution is -2.10. The van der Waals surface area contributed by atoms with Crippen LogP contribution in [0.4, 0.5) is 0 Å². The molecule has 1 aromatic heterocycles. The maximum Gasteiger partial charge on any atom is 0.310 e. The number of hydrogen-bond acceptors (Lipinski definition) is 3. The summed E-state index contributed by atoms with van der Waals surface area (Å²) in [6.45, 7) is 4.32. The quantitative estimate of drug-likeness (QED) is 0.590. The number of hydrogen-bond donors (Lipinski definition) is 0. The highest BCUT2D eigenvalue weighted by atomic mass is 35.5. The van der Waals surface area contributed by atoms with Crippen LogP contribution < -0.4 is 0 Å². The van der Waals surface area contributed by atoms with Crippen molar-refractivity contribution in [2.75, 3.05) is 0 Å². The fraction of sp³-hybridized carbons (Fsp3) is 0.316. The van der Waals surface area contributed by atoms with Gasteiger partial charge < -0.3 is 4.74 Å². The van der Waals surface area contributed by atoms with Crippen molar-refractivity contribution in [3.63, 3.8) is 0 Å². The molecule has 3 rings (SSSR count). The van der Waals surface area contributed by atoms with Gasteiger partial charge in [-0.05, 0) is 46.0 Å². The Morgan fingerprint density at radius 1 is 1.29 bits per heavy atom. The van der Waals surface area contributed by atoms with Crippen molar-refractivity contribution in [1.29, 1.82) is 0 Å². The van der Waals surface area contributed by atoms with Gasteiger partial charge in [0.2, 0.25) is 0 Å². The third kappa shape index (κ3) is 3.69. The predicted octanol–water partition coefficient (Wildman–Crippen LogP) is 6.05. The van der Waals surface area contributed by atoms with E-state index in [1.54, 1.807) is 17.4 Å². The summed E-state index contributed by atoms with van der Waals surface area (Å²) in [5, 5.41) is 2.05. The van der Waals surface area contributed by atoms with E-state index in [2.05, 4.69) is 18.2 Å². The number of halogens is 2. The Hall–Kier alpha value is -1.29. The summed E-state index contributed by atoms with van der Waals surface area (Å²) in [5.74, 6) is -0.352. The average Bonchev–Trinajstić information content (AvgIpc) is 2.94. The Kier molecular flexibility index (Phi) is 5.05. The standard InChI is InChI=1S/C19H18Cl2O2S/c1-19(2)14(10-16(20)21)17(19)18(22)23-11-12-5-3-6-13(9-12)15-7-4-8-24-15/h3-10,14,17H,11H2,1-2H3. The van der Waals surface area contributed by atoms with Crippen LogP contribution in [0.25, 0.3) is 10.4 Å². The van der Waals surface area contributed by atoms with E-state index in [4.69, 9.17) is 27.9 Å². The molecular formula is C19H18Cl2O2S. The Balaban J connectivity index is 1.63. The number of rotatable bonds is 5. The normalized spacial score (nSPS) is 21.2. The first kappa shape index (κ1) is 17.5. The van der Waals surface area contributed by atoms with E-state index >= 15 is 0 Å². The third-order valence-electron chi connectivity index (χ3n) is 4.58. The minimum absolute atomic E-state index is 0.0347. The van der Waals surface area contributed by atoms with Crippen LogP contribution in [-0.4, -0.2) is 5.97 Å². The maximum absolute atomic E-state index is 12.4. The van der Waals surface area contributed by atoms with Crippen LogP contribution in [0.1, 0.15) is 19.4 Å². The highest BCUT2D eigenvalue weighted by Crippen LogP contribution is 2.60. The Labute approximate surface area is 156 Å². The largest absolute Gasteiger partial charge is 0.461 e. The minimum atomic E-state index is -0.197. The fourth-order valence-corrected chi connectivity index (χ4v) is 4.07. The van der Waals surface area contributed by atoms with Crippen LogP contribution in [-0.2, 0) is 16.1 Å². The molecule has 2 nitrogen and oxygen atoms in total. The third-order valence-corrected chi connectivity index (χ3v) is 5.75. The summed E-state index contributed by atoms with van der Waals surface area (Å²) in [6.07, 6.45) is 1.73. The fourth-order valence-electron chi connectivity index (χ4n) is 3.08. The molecule has 1 heterocycles. The van der Waals surface area contributed by atoms with Crippen molar-refractivity contribution in [2.45, 2.75) is 20.5 Å². The minimum Gasteiger partial charge on any atom is -0.461 e. The van der Waals surface area contributed by atoms with Gasteiger partial charge in [0.15, 0.2) is 0 Å². The number of ether oxygens (including phenoxy) is 1. The van der Waals surface area contributed by atoms with Gasteiger partial charge in [0.1, 0.15) is 11.1 Å². The molecule has 1 aliphatic rings. The second-order valence-electron chi connectivity index (χ2n) is 6.57.